The van der Waals surface area contributed by atoms with E-state index >= 15 is 0 Å². The summed E-state index contributed by atoms with van der Waals surface area (Å²) in [4.78, 5) is 19.1. The molecular weight excluding hydrogens is 342 g/mol. The molecule has 3 heterocycles. The van der Waals surface area contributed by atoms with E-state index in [0.717, 1.165) is 64.7 Å². The van der Waals surface area contributed by atoms with Gasteiger partial charge in [-0.15, -0.1) is 0 Å². The van der Waals surface area contributed by atoms with Crippen molar-refractivity contribution in [2.75, 3.05) is 59.0 Å². The van der Waals surface area contributed by atoms with Gasteiger partial charge in [-0.2, -0.15) is 5.10 Å². The topological polar surface area (TPSA) is 53.8 Å². The Hall–Kier alpha value is -2.22. The third-order valence-electron chi connectivity index (χ3n) is 5.30. The van der Waals surface area contributed by atoms with Gasteiger partial charge in [0.2, 0.25) is 5.91 Å². The van der Waals surface area contributed by atoms with Crippen LogP contribution in [-0.4, -0.2) is 89.4 Å². The molecule has 0 atom stereocenters. The van der Waals surface area contributed by atoms with E-state index in [2.05, 4.69) is 39.2 Å². The Kier molecular flexibility index (Phi) is 5.81. The minimum absolute atomic E-state index is 0.250. The van der Waals surface area contributed by atoms with E-state index in [1.165, 1.54) is 5.56 Å². The molecular formula is C20H27N5O2. The maximum atomic E-state index is 12.5. The standard InChI is InChI=1S/C20H27N5O2/c26-20(17-23-12-14-27-15-13-23)24-10-8-22(9-11-24)16-18-2-4-19(5-3-18)25-7-1-6-21-25/h1-7H,8-17H2. The molecule has 27 heavy (non-hydrogen) atoms. The van der Waals surface area contributed by atoms with Crippen molar-refractivity contribution < 1.29 is 9.53 Å². The van der Waals surface area contributed by atoms with Crippen molar-refractivity contribution >= 4 is 5.91 Å². The van der Waals surface area contributed by atoms with Crippen molar-refractivity contribution in [1.29, 1.82) is 0 Å². The van der Waals surface area contributed by atoms with Crippen LogP contribution in [0.4, 0.5) is 0 Å². The van der Waals surface area contributed by atoms with Crippen LogP contribution >= 0.6 is 0 Å². The van der Waals surface area contributed by atoms with Gasteiger partial charge in [0.25, 0.3) is 0 Å². The molecule has 7 nitrogen and oxygen atoms in total. The first-order valence-electron chi connectivity index (χ1n) is 9.67. The summed E-state index contributed by atoms with van der Waals surface area (Å²) >= 11 is 0. The predicted octanol–water partition coefficient (Wildman–Crippen LogP) is 0.849. The maximum Gasteiger partial charge on any atom is 0.236 e. The number of carbonyl (C=O) groups excluding carboxylic acids is 1. The summed E-state index contributed by atoms with van der Waals surface area (Å²) in [5.74, 6) is 0.250. The Morgan fingerprint density at radius 2 is 1.70 bits per heavy atom. The maximum absolute atomic E-state index is 12.5. The van der Waals surface area contributed by atoms with Crippen LogP contribution in [0.2, 0.25) is 0 Å². The second-order valence-electron chi connectivity index (χ2n) is 7.16. The van der Waals surface area contributed by atoms with Gasteiger partial charge in [-0.3, -0.25) is 14.6 Å². The molecule has 7 heteroatoms. The number of rotatable bonds is 5. The summed E-state index contributed by atoms with van der Waals surface area (Å²) in [6.07, 6.45) is 3.73. The lowest BCUT2D eigenvalue weighted by Crippen LogP contribution is -2.51. The molecule has 1 aromatic heterocycles. The molecule has 2 aromatic rings. The highest BCUT2D eigenvalue weighted by molar-refractivity contribution is 5.78. The van der Waals surface area contributed by atoms with Gasteiger partial charge in [0.1, 0.15) is 0 Å². The number of amides is 1. The Labute approximate surface area is 160 Å². The fraction of sp³-hybridized carbons (Fsp3) is 0.500. The van der Waals surface area contributed by atoms with Crippen LogP contribution in [0.15, 0.2) is 42.7 Å². The van der Waals surface area contributed by atoms with E-state index in [0.29, 0.717) is 6.54 Å². The number of benzene rings is 1. The number of nitrogens with zero attached hydrogens (tertiary/aromatic N) is 5. The normalized spacial score (nSPS) is 19.3. The smallest absolute Gasteiger partial charge is 0.236 e. The third-order valence-corrected chi connectivity index (χ3v) is 5.30. The molecule has 0 N–H and O–H groups in total. The summed E-state index contributed by atoms with van der Waals surface area (Å²) in [6, 6.07) is 10.4. The van der Waals surface area contributed by atoms with Gasteiger partial charge in [0, 0.05) is 58.2 Å². The van der Waals surface area contributed by atoms with Gasteiger partial charge < -0.3 is 9.64 Å². The van der Waals surface area contributed by atoms with Crippen LogP contribution in [0.5, 0.6) is 0 Å². The zero-order valence-corrected chi connectivity index (χ0v) is 15.7. The molecule has 2 fully saturated rings. The molecule has 0 bridgehead atoms. The molecule has 2 aliphatic rings. The quantitative estimate of drug-likeness (QED) is 0.782. The number of aromatic nitrogens is 2. The van der Waals surface area contributed by atoms with E-state index in [4.69, 9.17) is 4.74 Å². The number of carbonyl (C=O) groups is 1. The van der Waals surface area contributed by atoms with Gasteiger partial charge >= 0.3 is 0 Å². The lowest BCUT2D eigenvalue weighted by atomic mass is 10.1. The first-order chi connectivity index (χ1) is 13.3. The first kappa shape index (κ1) is 18.2. The second kappa shape index (κ2) is 8.65. The molecule has 1 aromatic carbocycles. The van der Waals surface area contributed by atoms with Crippen molar-refractivity contribution in [3.63, 3.8) is 0 Å². The molecule has 0 radical (unpaired) electrons. The molecule has 144 valence electrons. The van der Waals surface area contributed by atoms with Crippen LogP contribution in [0, 0.1) is 0 Å². The van der Waals surface area contributed by atoms with Crippen molar-refractivity contribution in [2.45, 2.75) is 6.54 Å². The monoisotopic (exact) mass is 369 g/mol. The van der Waals surface area contributed by atoms with Gasteiger partial charge in [0.05, 0.1) is 25.4 Å². The number of ether oxygens (including phenoxy) is 1. The molecule has 0 unspecified atom stereocenters. The Bertz CT molecular complexity index is 717. The van der Waals surface area contributed by atoms with Crippen LogP contribution in [0.1, 0.15) is 5.56 Å². The lowest BCUT2D eigenvalue weighted by Gasteiger charge is -2.36. The second-order valence-corrected chi connectivity index (χ2v) is 7.16. The van der Waals surface area contributed by atoms with Crippen molar-refractivity contribution in [2.24, 2.45) is 0 Å². The largest absolute Gasteiger partial charge is 0.379 e. The Morgan fingerprint density at radius 1 is 0.963 bits per heavy atom. The van der Waals surface area contributed by atoms with E-state index in [9.17, 15) is 4.79 Å². The summed E-state index contributed by atoms with van der Waals surface area (Å²) in [6.45, 7) is 8.12. The highest BCUT2D eigenvalue weighted by Gasteiger charge is 2.23. The number of piperazine rings is 1. The zero-order chi connectivity index (χ0) is 18.5. The zero-order valence-electron chi connectivity index (χ0n) is 15.7. The van der Waals surface area contributed by atoms with Gasteiger partial charge in [-0.1, -0.05) is 12.1 Å². The Morgan fingerprint density at radius 3 is 2.37 bits per heavy atom. The van der Waals surface area contributed by atoms with E-state index in [1.807, 2.05) is 21.8 Å². The molecule has 0 saturated carbocycles. The van der Waals surface area contributed by atoms with E-state index in [-0.39, 0.29) is 5.91 Å². The minimum atomic E-state index is 0.250. The number of hydrogen-bond donors (Lipinski definition) is 0. The molecule has 2 aliphatic heterocycles. The van der Waals surface area contributed by atoms with E-state index in [1.54, 1.807) is 6.20 Å². The summed E-state index contributed by atoms with van der Waals surface area (Å²) in [5.41, 5.74) is 2.36. The minimum Gasteiger partial charge on any atom is -0.379 e. The van der Waals surface area contributed by atoms with Crippen molar-refractivity contribution in [3.8, 4) is 5.69 Å². The van der Waals surface area contributed by atoms with Gasteiger partial charge in [-0.25, -0.2) is 4.68 Å². The summed E-state index contributed by atoms with van der Waals surface area (Å²) in [5, 5.41) is 4.26. The first-order valence-corrected chi connectivity index (χ1v) is 9.67. The Balaban J connectivity index is 1.24. The highest BCUT2D eigenvalue weighted by Crippen LogP contribution is 2.13. The molecule has 4 rings (SSSR count). The number of morpholine rings is 1. The van der Waals surface area contributed by atoms with Crippen molar-refractivity contribution in [1.82, 2.24) is 24.5 Å². The SMILES string of the molecule is O=C(CN1CCOCC1)N1CCN(Cc2ccc(-n3cccn3)cc2)CC1. The van der Waals surface area contributed by atoms with Gasteiger partial charge in [0.15, 0.2) is 0 Å². The summed E-state index contributed by atoms with van der Waals surface area (Å²) in [7, 11) is 0. The number of hydrogen-bond acceptors (Lipinski definition) is 5. The molecule has 0 aliphatic carbocycles. The average Bonchev–Trinajstić information content (AvgIpc) is 3.25. The molecule has 1 amide bonds. The highest BCUT2D eigenvalue weighted by atomic mass is 16.5. The van der Waals surface area contributed by atoms with Crippen molar-refractivity contribution in [3.05, 3.63) is 48.3 Å². The van der Waals surface area contributed by atoms with Crippen LogP contribution in [-0.2, 0) is 16.1 Å². The fourth-order valence-electron chi connectivity index (χ4n) is 3.64. The molecule has 2 saturated heterocycles. The summed E-state index contributed by atoms with van der Waals surface area (Å²) < 4.78 is 7.21. The third kappa shape index (κ3) is 4.74. The predicted molar refractivity (Wildman–Crippen MR) is 103 cm³/mol. The fourth-order valence-corrected chi connectivity index (χ4v) is 3.64. The van der Waals surface area contributed by atoms with Gasteiger partial charge in [-0.05, 0) is 23.8 Å². The van der Waals surface area contributed by atoms with Crippen LogP contribution in [0.3, 0.4) is 0 Å². The van der Waals surface area contributed by atoms with Crippen LogP contribution in [0.25, 0.3) is 5.69 Å². The average molecular weight is 369 g/mol. The van der Waals surface area contributed by atoms with Crippen LogP contribution < -0.4 is 0 Å². The lowest BCUT2D eigenvalue weighted by molar-refractivity contribution is -0.135. The van der Waals surface area contributed by atoms with E-state index < -0.39 is 0 Å². The molecule has 0 spiro atoms.